The number of rotatable bonds is 3. The number of carbonyl (C=O) groups excluding carboxylic acids is 2. The van der Waals surface area contributed by atoms with Crippen LogP contribution in [0.15, 0.2) is 24.5 Å². The van der Waals surface area contributed by atoms with Crippen molar-refractivity contribution in [1.29, 1.82) is 0 Å². The number of hydrogen-bond acceptors (Lipinski definition) is 4. The molecule has 2 N–H and O–H groups in total. The zero-order valence-electron chi connectivity index (χ0n) is 11.8. The van der Waals surface area contributed by atoms with Gasteiger partial charge < -0.3 is 5.32 Å². The second-order valence-electron chi connectivity index (χ2n) is 4.98. The highest BCUT2D eigenvalue weighted by molar-refractivity contribution is 6.31. The molecule has 0 saturated carbocycles. The molecule has 7 nitrogen and oxygen atoms in total. The van der Waals surface area contributed by atoms with E-state index in [1.807, 2.05) is 0 Å². The van der Waals surface area contributed by atoms with E-state index in [0.717, 1.165) is 12.1 Å². The molecule has 11 heteroatoms. The van der Waals surface area contributed by atoms with E-state index in [1.165, 1.54) is 17.1 Å². The smallest absolute Gasteiger partial charge is 0.326 e. The van der Waals surface area contributed by atoms with Crippen LogP contribution in [-0.4, -0.2) is 26.6 Å². The van der Waals surface area contributed by atoms with Crippen LogP contribution >= 0.6 is 11.6 Å². The highest BCUT2D eigenvalue weighted by Gasteiger charge is 2.35. The van der Waals surface area contributed by atoms with Gasteiger partial charge in [0.15, 0.2) is 0 Å². The fraction of sp³-hybridized carbons (Fsp3) is 0.231. The van der Waals surface area contributed by atoms with E-state index in [0.29, 0.717) is 0 Å². The molecule has 3 rings (SSSR count). The van der Waals surface area contributed by atoms with E-state index in [9.17, 15) is 22.8 Å². The molecule has 24 heavy (non-hydrogen) atoms. The van der Waals surface area contributed by atoms with Crippen LogP contribution < -0.4 is 10.6 Å². The molecule has 0 unspecified atom stereocenters. The monoisotopic (exact) mass is 359 g/mol. The summed E-state index contributed by atoms with van der Waals surface area (Å²) < 4.78 is 39.7. The number of alkyl halides is 3. The van der Waals surface area contributed by atoms with Gasteiger partial charge in [0.2, 0.25) is 11.9 Å². The van der Waals surface area contributed by atoms with Gasteiger partial charge in [0.25, 0.3) is 5.91 Å². The maximum atomic E-state index is 12.8. The number of benzene rings is 1. The molecule has 0 fully saturated rings. The van der Waals surface area contributed by atoms with Crippen molar-refractivity contribution in [2.24, 2.45) is 0 Å². The first-order valence-corrected chi connectivity index (χ1v) is 7.00. The molecule has 2 aromatic rings. The third-order valence-corrected chi connectivity index (χ3v) is 3.67. The van der Waals surface area contributed by atoms with Crippen LogP contribution in [0.25, 0.3) is 0 Å². The Morgan fingerprint density at radius 1 is 1.42 bits per heavy atom. The molecule has 0 aliphatic carbocycles. The van der Waals surface area contributed by atoms with E-state index in [-0.39, 0.29) is 18.1 Å². The Balaban J connectivity index is 1.73. The normalized spacial score (nSPS) is 16.7. The molecular formula is C13H9ClF3N5O2. The van der Waals surface area contributed by atoms with E-state index in [2.05, 4.69) is 20.7 Å². The fourth-order valence-corrected chi connectivity index (χ4v) is 2.48. The van der Waals surface area contributed by atoms with Gasteiger partial charge in [0.1, 0.15) is 12.4 Å². The zero-order chi connectivity index (χ0) is 17.5. The number of fused-ring (bicyclic) bond motifs is 1. The molecule has 1 aromatic heterocycles. The van der Waals surface area contributed by atoms with Gasteiger partial charge in [-0.3, -0.25) is 14.9 Å². The first kappa shape index (κ1) is 16.2. The molecule has 0 radical (unpaired) electrons. The standard InChI is InChI=1S/C13H9ClF3N5O2/c14-8-2-1-6(3-7(8)13(15,16)17)20-10(23)4-9-11(24)21-12-18-5-19-22(9)12/h1-3,5,9H,4H2,(H,20,23)(H,18,19,21,24)/t9-/m0/s1. The van der Waals surface area contributed by atoms with Crippen molar-refractivity contribution >= 4 is 35.1 Å². The average Bonchev–Trinajstić information content (AvgIpc) is 3.03. The van der Waals surface area contributed by atoms with Gasteiger partial charge in [-0.25, -0.2) is 4.68 Å². The minimum absolute atomic E-state index is 0.0751. The second kappa shape index (κ2) is 5.78. The second-order valence-corrected chi connectivity index (χ2v) is 5.39. The summed E-state index contributed by atoms with van der Waals surface area (Å²) in [5.41, 5.74) is -1.13. The third kappa shape index (κ3) is 3.04. The summed E-state index contributed by atoms with van der Waals surface area (Å²) in [7, 11) is 0. The van der Waals surface area contributed by atoms with Gasteiger partial charge in [-0.05, 0) is 18.2 Å². The molecule has 126 valence electrons. The first-order chi connectivity index (χ1) is 11.3. The van der Waals surface area contributed by atoms with Gasteiger partial charge in [0, 0.05) is 5.69 Å². The number of nitrogens with zero attached hydrogens (tertiary/aromatic N) is 3. The van der Waals surface area contributed by atoms with Crippen LogP contribution in [0.2, 0.25) is 5.02 Å². The number of carbonyl (C=O) groups is 2. The largest absolute Gasteiger partial charge is 0.417 e. The fourth-order valence-electron chi connectivity index (χ4n) is 2.26. The summed E-state index contributed by atoms with van der Waals surface area (Å²) >= 11 is 5.51. The predicted molar refractivity (Wildman–Crippen MR) is 77.4 cm³/mol. The summed E-state index contributed by atoms with van der Waals surface area (Å²) in [6.45, 7) is 0. The Morgan fingerprint density at radius 3 is 2.88 bits per heavy atom. The number of hydrogen-bond donors (Lipinski definition) is 2. The number of nitrogens with one attached hydrogen (secondary N) is 2. The van der Waals surface area contributed by atoms with Crippen LogP contribution in [-0.2, 0) is 15.8 Å². The molecule has 0 bridgehead atoms. The van der Waals surface area contributed by atoms with Crippen LogP contribution in [0.1, 0.15) is 18.0 Å². The minimum Gasteiger partial charge on any atom is -0.326 e. The van der Waals surface area contributed by atoms with Crippen molar-refractivity contribution in [3.05, 3.63) is 35.1 Å². The molecule has 2 amide bonds. The maximum absolute atomic E-state index is 12.8. The molecule has 0 saturated heterocycles. The average molecular weight is 360 g/mol. The van der Waals surface area contributed by atoms with E-state index in [4.69, 9.17) is 11.6 Å². The van der Waals surface area contributed by atoms with Crippen molar-refractivity contribution in [1.82, 2.24) is 14.8 Å². The van der Waals surface area contributed by atoms with Crippen LogP contribution in [0.4, 0.5) is 24.8 Å². The van der Waals surface area contributed by atoms with Crippen molar-refractivity contribution in [3.8, 4) is 0 Å². The first-order valence-electron chi connectivity index (χ1n) is 6.62. The van der Waals surface area contributed by atoms with Gasteiger partial charge in [-0.15, -0.1) is 0 Å². The van der Waals surface area contributed by atoms with E-state index in [1.54, 1.807) is 0 Å². The van der Waals surface area contributed by atoms with E-state index >= 15 is 0 Å². The highest BCUT2D eigenvalue weighted by atomic mass is 35.5. The Kier molecular flexibility index (Phi) is 3.91. The summed E-state index contributed by atoms with van der Waals surface area (Å²) in [6.07, 6.45) is -3.72. The molecule has 0 spiro atoms. The molecule has 1 aromatic carbocycles. The molecule has 1 aliphatic rings. The number of anilines is 2. The molecule has 2 heterocycles. The Bertz CT molecular complexity index is 820. The van der Waals surface area contributed by atoms with Gasteiger partial charge in [-0.1, -0.05) is 11.6 Å². The highest BCUT2D eigenvalue weighted by Crippen LogP contribution is 2.36. The lowest BCUT2D eigenvalue weighted by Gasteiger charge is -2.13. The number of halogens is 4. The Hall–Kier alpha value is -2.62. The van der Waals surface area contributed by atoms with Crippen molar-refractivity contribution in [2.75, 3.05) is 10.6 Å². The lowest BCUT2D eigenvalue weighted by atomic mass is 10.1. The SMILES string of the molecule is O=C(C[C@H]1C(=O)Nc2ncnn21)Nc1ccc(Cl)c(C(F)(F)F)c1. The van der Waals surface area contributed by atoms with Gasteiger partial charge in [0.05, 0.1) is 17.0 Å². The third-order valence-electron chi connectivity index (χ3n) is 3.34. The molecule has 1 atom stereocenters. The molecule has 1 aliphatic heterocycles. The lowest BCUT2D eigenvalue weighted by molar-refractivity contribution is -0.137. The predicted octanol–water partition coefficient (Wildman–Crippen LogP) is 2.47. The zero-order valence-corrected chi connectivity index (χ0v) is 12.5. The summed E-state index contributed by atoms with van der Waals surface area (Å²) in [4.78, 5) is 27.6. The quantitative estimate of drug-likeness (QED) is 0.881. The molecular weight excluding hydrogens is 351 g/mol. The van der Waals surface area contributed by atoms with Gasteiger partial charge in [-0.2, -0.15) is 23.3 Å². The minimum atomic E-state index is -4.64. The van der Waals surface area contributed by atoms with Crippen molar-refractivity contribution in [3.63, 3.8) is 0 Å². The summed E-state index contributed by atoms with van der Waals surface area (Å²) in [5, 5.41) is 8.10. The number of aromatic nitrogens is 3. The topological polar surface area (TPSA) is 88.9 Å². The Labute approximate surface area is 137 Å². The van der Waals surface area contributed by atoms with Crippen LogP contribution in [0, 0.1) is 0 Å². The summed E-state index contributed by atoms with van der Waals surface area (Å²) in [5.74, 6) is -0.898. The lowest BCUT2D eigenvalue weighted by Crippen LogP contribution is -2.23. The Morgan fingerprint density at radius 2 is 2.17 bits per heavy atom. The van der Waals surface area contributed by atoms with Crippen molar-refractivity contribution in [2.45, 2.75) is 18.6 Å². The van der Waals surface area contributed by atoms with E-state index < -0.39 is 34.6 Å². The number of amides is 2. The van der Waals surface area contributed by atoms with Crippen molar-refractivity contribution < 1.29 is 22.8 Å². The summed E-state index contributed by atoms with van der Waals surface area (Å²) in [6, 6.07) is 2.11. The van der Waals surface area contributed by atoms with Crippen LogP contribution in [0.3, 0.4) is 0 Å². The maximum Gasteiger partial charge on any atom is 0.417 e. The van der Waals surface area contributed by atoms with Gasteiger partial charge >= 0.3 is 6.18 Å². The van der Waals surface area contributed by atoms with Crippen LogP contribution in [0.5, 0.6) is 0 Å².